The topological polar surface area (TPSA) is 70.4 Å². The van der Waals surface area contributed by atoms with Crippen LogP contribution in [-0.2, 0) is 6.54 Å². The maximum Gasteiger partial charge on any atom is 0.287 e. The minimum absolute atomic E-state index is 0.134. The zero-order chi connectivity index (χ0) is 12.4. The van der Waals surface area contributed by atoms with E-state index in [1.165, 1.54) is 4.68 Å². The third-order valence-corrected chi connectivity index (χ3v) is 3.32. The molecule has 0 radical (unpaired) electrons. The summed E-state index contributed by atoms with van der Waals surface area (Å²) in [5, 5.41) is 16.1. The van der Waals surface area contributed by atoms with Crippen molar-refractivity contribution in [2.45, 2.75) is 12.6 Å². The van der Waals surface area contributed by atoms with Gasteiger partial charge < -0.3 is 15.3 Å². The number of rotatable bonds is 4. The summed E-state index contributed by atoms with van der Waals surface area (Å²) in [6, 6.07) is 0.349. The van der Waals surface area contributed by atoms with Crippen molar-refractivity contribution in [3.63, 3.8) is 0 Å². The Morgan fingerprint density at radius 1 is 1.71 bits per heavy atom. The largest absolute Gasteiger partial charge is 0.394 e. The van der Waals surface area contributed by atoms with E-state index < -0.39 is 0 Å². The zero-order valence-electron chi connectivity index (χ0n) is 9.56. The van der Waals surface area contributed by atoms with Crippen molar-refractivity contribution in [1.29, 1.82) is 0 Å². The molecular formula is C10H15ClN4O2. The van der Waals surface area contributed by atoms with Crippen molar-refractivity contribution in [1.82, 2.24) is 15.1 Å². The van der Waals surface area contributed by atoms with Crippen LogP contribution < -0.4 is 15.8 Å². The van der Waals surface area contributed by atoms with E-state index in [2.05, 4.69) is 10.4 Å². The molecule has 1 saturated heterocycles. The highest BCUT2D eigenvalue weighted by atomic mass is 35.5. The monoisotopic (exact) mass is 258 g/mol. The number of anilines is 1. The summed E-state index contributed by atoms with van der Waals surface area (Å²) in [6.07, 6.45) is 1.57. The molecule has 0 unspecified atom stereocenters. The van der Waals surface area contributed by atoms with Crippen molar-refractivity contribution in [2.24, 2.45) is 0 Å². The number of hydrogen-bond donors (Lipinski definition) is 2. The fraction of sp³-hybridized carbons (Fsp3) is 0.600. The first-order valence-electron chi connectivity index (χ1n) is 5.45. The molecule has 2 N–H and O–H groups in total. The summed E-state index contributed by atoms with van der Waals surface area (Å²) in [5.74, 6) is 0. The molecule has 0 saturated carbocycles. The van der Waals surface area contributed by atoms with E-state index in [0.717, 1.165) is 13.1 Å². The molecule has 7 heteroatoms. The molecule has 1 fully saturated rings. The predicted octanol–water partition coefficient (Wildman–Crippen LogP) is -0.703. The van der Waals surface area contributed by atoms with E-state index in [0.29, 0.717) is 11.7 Å². The van der Waals surface area contributed by atoms with E-state index in [-0.39, 0.29) is 23.7 Å². The second kappa shape index (κ2) is 5.03. The summed E-state index contributed by atoms with van der Waals surface area (Å²) < 4.78 is 1.17. The maximum atomic E-state index is 11.8. The van der Waals surface area contributed by atoms with Gasteiger partial charge in [-0.15, -0.1) is 0 Å². The number of halogens is 1. The molecule has 1 aliphatic heterocycles. The van der Waals surface area contributed by atoms with Crippen LogP contribution in [-0.4, -0.2) is 47.7 Å². The van der Waals surface area contributed by atoms with Gasteiger partial charge in [-0.1, -0.05) is 11.6 Å². The smallest absolute Gasteiger partial charge is 0.287 e. The van der Waals surface area contributed by atoms with Gasteiger partial charge in [-0.2, -0.15) is 5.10 Å². The lowest BCUT2D eigenvalue weighted by molar-refractivity contribution is 0.266. The fourth-order valence-corrected chi connectivity index (χ4v) is 1.98. The van der Waals surface area contributed by atoms with Gasteiger partial charge >= 0.3 is 0 Å². The fourth-order valence-electron chi connectivity index (χ4n) is 1.70. The number of hydrogen-bond acceptors (Lipinski definition) is 5. The van der Waals surface area contributed by atoms with Crippen molar-refractivity contribution >= 4 is 17.3 Å². The minimum Gasteiger partial charge on any atom is -0.394 e. The summed E-state index contributed by atoms with van der Waals surface area (Å²) in [5.41, 5.74) is 0.273. The molecule has 0 atom stereocenters. The Kier molecular flexibility index (Phi) is 3.66. The molecule has 1 aromatic heterocycles. The first-order chi connectivity index (χ1) is 8.15. The van der Waals surface area contributed by atoms with Gasteiger partial charge in [-0.3, -0.25) is 4.79 Å². The number of aliphatic hydroxyl groups is 1. The molecule has 6 nitrogen and oxygen atoms in total. The van der Waals surface area contributed by atoms with Crippen LogP contribution in [0.2, 0.25) is 5.02 Å². The average Bonchev–Trinajstić information content (AvgIpc) is 2.22. The van der Waals surface area contributed by atoms with Gasteiger partial charge in [0, 0.05) is 20.1 Å². The molecular weight excluding hydrogens is 244 g/mol. The molecule has 1 aliphatic rings. The highest BCUT2D eigenvalue weighted by molar-refractivity contribution is 6.33. The minimum atomic E-state index is -0.364. The van der Waals surface area contributed by atoms with E-state index in [1.54, 1.807) is 6.20 Å². The van der Waals surface area contributed by atoms with Gasteiger partial charge in [0.2, 0.25) is 0 Å². The Balaban J connectivity index is 2.29. The third kappa shape index (κ3) is 2.29. The van der Waals surface area contributed by atoms with Crippen LogP contribution in [0.5, 0.6) is 0 Å². The predicted molar refractivity (Wildman–Crippen MR) is 65.7 cm³/mol. The number of nitrogens with one attached hydrogen (secondary N) is 1. The maximum absolute atomic E-state index is 11.8. The Bertz CT molecular complexity index is 458. The van der Waals surface area contributed by atoms with Crippen LogP contribution in [0.15, 0.2) is 11.0 Å². The summed E-state index contributed by atoms with van der Waals surface area (Å²) in [4.78, 5) is 13.8. The molecule has 1 aromatic rings. The normalized spacial score (nSPS) is 15.7. The van der Waals surface area contributed by atoms with Crippen molar-refractivity contribution in [3.8, 4) is 0 Å². The number of nitrogens with zero attached hydrogens (tertiary/aromatic N) is 3. The first kappa shape index (κ1) is 12.3. The SMILES string of the molecule is CN(c1cnn(CCO)c(=O)c1Cl)C1CNC1. The second-order valence-electron chi connectivity index (χ2n) is 4.02. The number of aliphatic hydroxyl groups excluding tert-OH is 1. The quantitative estimate of drug-likeness (QED) is 0.747. The summed E-state index contributed by atoms with van der Waals surface area (Å²) >= 11 is 6.04. The first-order valence-corrected chi connectivity index (χ1v) is 5.83. The van der Waals surface area contributed by atoms with Crippen molar-refractivity contribution in [2.75, 3.05) is 31.6 Å². The van der Waals surface area contributed by atoms with Crippen LogP contribution in [0.3, 0.4) is 0 Å². The highest BCUT2D eigenvalue weighted by Gasteiger charge is 2.24. The Morgan fingerprint density at radius 3 is 2.94 bits per heavy atom. The summed E-state index contributed by atoms with van der Waals surface area (Å²) in [7, 11) is 1.89. The Hall–Kier alpha value is -1.11. The molecule has 0 spiro atoms. The molecule has 17 heavy (non-hydrogen) atoms. The van der Waals surface area contributed by atoms with Crippen LogP contribution in [0.25, 0.3) is 0 Å². The van der Waals surface area contributed by atoms with Gasteiger partial charge in [0.15, 0.2) is 0 Å². The molecule has 2 rings (SSSR count). The molecule has 0 aliphatic carbocycles. The lowest BCUT2D eigenvalue weighted by atomic mass is 10.1. The highest BCUT2D eigenvalue weighted by Crippen LogP contribution is 2.22. The summed E-state index contributed by atoms with van der Waals surface area (Å²) in [6.45, 7) is 1.79. The lowest BCUT2D eigenvalue weighted by Crippen LogP contribution is -2.56. The van der Waals surface area contributed by atoms with Gasteiger partial charge in [0.1, 0.15) is 5.02 Å². The molecule has 0 bridgehead atoms. The van der Waals surface area contributed by atoms with Crippen LogP contribution in [0.4, 0.5) is 5.69 Å². The Labute approximate surface area is 104 Å². The van der Waals surface area contributed by atoms with Gasteiger partial charge in [-0.05, 0) is 0 Å². The second-order valence-corrected chi connectivity index (χ2v) is 4.40. The lowest BCUT2D eigenvalue weighted by Gasteiger charge is -2.37. The third-order valence-electron chi connectivity index (χ3n) is 2.97. The van der Waals surface area contributed by atoms with Gasteiger partial charge in [0.25, 0.3) is 5.56 Å². The average molecular weight is 259 g/mol. The van der Waals surface area contributed by atoms with E-state index in [4.69, 9.17) is 16.7 Å². The molecule has 94 valence electrons. The van der Waals surface area contributed by atoms with E-state index in [1.807, 2.05) is 11.9 Å². The van der Waals surface area contributed by atoms with Gasteiger partial charge in [-0.25, -0.2) is 4.68 Å². The molecule has 0 aromatic carbocycles. The number of likely N-dealkylation sites (N-methyl/N-ethyl adjacent to an activating group) is 1. The Morgan fingerprint density at radius 2 is 2.41 bits per heavy atom. The van der Waals surface area contributed by atoms with E-state index >= 15 is 0 Å². The van der Waals surface area contributed by atoms with Crippen molar-refractivity contribution in [3.05, 3.63) is 21.6 Å². The number of aromatic nitrogens is 2. The standard InChI is InChI=1S/C10H15ClN4O2/c1-14(7-4-12-5-7)8-6-13-15(2-3-16)10(17)9(8)11/h6-7,12,16H,2-5H2,1H3. The zero-order valence-corrected chi connectivity index (χ0v) is 10.3. The van der Waals surface area contributed by atoms with E-state index in [9.17, 15) is 4.79 Å². The molecule has 0 amide bonds. The van der Waals surface area contributed by atoms with Gasteiger partial charge in [0.05, 0.1) is 31.1 Å². The van der Waals surface area contributed by atoms with Crippen LogP contribution in [0.1, 0.15) is 0 Å². The van der Waals surface area contributed by atoms with Crippen molar-refractivity contribution < 1.29 is 5.11 Å². The van der Waals surface area contributed by atoms with Crippen LogP contribution in [0, 0.1) is 0 Å². The van der Waals surface area contributed by atoms with Crippen LogP contribution >= 0.6 is 11.6 Å². The molecule has 2 heterocycles.